The Morgan fingerprint density at radius 1 is 1.22 bits per heavy atom. The molecule has 0 atom stereocenters. The predicted octanol–water partition coefficient (Wildman–Crippen LogP) is 1.93. The van der Waals surface area contributed by atoms with Gasteiger partial charge in [-0.3, -0.25) is 0 Å². The normalized spacial score (nSPS) is 15.2. The Hall–Kier alpha value is -2.17. The first kappa shape index (κ1) is 11.0. The van der Waals surface area contributed by atoms with Gasteiger partial charge < -0.3 is 10.0 Å². The summed E-state index contributed by atoms with van der Waals surface area (Å²) in [5.41, 5.74) is 0.960. The molecule has 92 valence electrons. The SMILES string of the molecule is O=C(O)c1cccc2ncnc(N3CCCC3)c12. The van der Waals surface area contributed by atoms with Crippen molar-refractivity contribution in [2.75, 3.05) is 18.0 Å². The summed E-state index contributed by atoms with van der Waals surface area (Å²) in [6.07, 6.45) is 3.75. The van der Waals surface area contributed by atoms with E-state index < -0.39 is 5.97 Å². The number of carboxylic acids is 1. The number of benzene rings is 1. The number of aromatic carboxylic acids is 1. The first-order valence-corrected chi connectivity index (χ1v) is 5.99. The van der Waals surface area contributed by atoms with Gasteiger partial charge in [-0.05, 0) is 25.0 Å². The molecule has 5 heteroatoms. The smallest absolute Gasteiger partial charge is 0.336 e. The Balaban J connectivity index is 2.27. The molecule has 0 saturated carbocycles. The molecule has 1 fully saturated rings. The zero-order valence-electron chi connectivity index (χ0n) is 9.83. The molecule has 18 heavy (non-hydrogen) atoms. The molecule has 5 nitrogen and oxygen atoms in total. The zero-order valence-corrected chi connectivity index (χ0v) is 9.83. The number of nitrogens with zero attached hydrogens (tertiary/aromatic N) is 3. The van der Waals surface area contributed by atoms with Crippen molar-refractivity contribution in [3.05, 3.63) is 30.1 Å². The fourth-order valence-corrected chi connectivity index (χ4v) is 2.44. The van der Waals surface area contributed by atoms with Gasteiger partial charge >= 0.3 is 5.97 Å². The van der Waals surface area contributed by atoms with E-state index in [1.807, 2.05) is 6.07 Å². The second-order valence-corrected chi connectivity index (χ2v) is 4.40. The van der Waals surface area contributed by atoms with Crippen LogP contribution in [0.25, 0.3) is 10.9 Å². The lowest BCUT2D eigenvalue weighted by Gasteiger charge is -2.18. The van der Waals surface area contributed by atoms with Crippen LogP contribution in [0.4, 0.5) is 5.82 Å². The molecule has 0 amide bonds. The lowest BCUT2D eigenvalue weighted by atomic mass is 10.1. The molecule has 1 saturated heterocycles. The van der Waals surface area contributed by atoms with Crippen LogP contribution in [-0.4, -0.2) is 34.1 Å². The van der Waals surface area contributed by atoms with E-state index in [1.54, 1.807) is 12.1 Å². The lowest BCUT2D eigenvalue weighted by Crippen LogP contribution is -2.20. The summed E-state index contributed by atoms with van der Waals surface area (Å²) in [5, 5.41) is 9.92. The second kappa shape index (κ2) is 4.25. The standard InChI is InChI=1S/C13H13N3O2/c17-13(18)9-4-3-5-10-11(9)12(15-8-14-10)16-6-1-2-7-16/h3-5,8H,1-2,6-7H2,(H,17,18). The third kappa shape index (κ3) is 1.68. The molecule has 0 unspecified atom stereocenters. The summed E-state index contributed by atoms with van der Waals surface area (Å²) >= 11 is 0. The molecular weight excluding hydrogens is 230 g/mol. The van der Waals surface area contributed by atoms with Gasteiger partial charge in [0, 0.05) is 13.1 Å². The highest BCUT2D eigenvalue weighted by Gasteiger charge is 2.20. The Kier molecular flexibility index (Phi) is 2.59. The summed E-state index contributed by atoms with van der Waals surface area (Å²) in [7, 11) is 0. The summed E-state index contributed by atoms with van der Waals surface area (Å²) in [6.45, 7) is 1.86. The maximum absolute atomic E-state index is 11.3. The lowest BCUT2D eigenvalue weighted by molar-refractivity contribution is 0.0699. The Labute approximate surface area is 104 Å². The van der Waals surface area contributed by atoms with Gasteiger partial charge in [-0.15, -0.1) is 0 Å². The average Bonchev–Trinajstić information content (AvgIpc) is 2.91. The zero-order chi connectivity index (χ0) is 12.5. The maximum atomic E-state index is 11.3. The van der Waals surface area contributed by atoms with Crippen LogP contribution in [0.3, 0.4) is 0 Å². The molecule has 0 spiro atoms. The molecule has 1 aromatic carbocycles. The number of aromatic nitrogens is 2. The molecule has 3 rings (SSSR count). The van der Waals surface area contributed by atoms with Crippen molar-refractivity contribution in [2.24, 2.45) is 0 Å². The quantitative estimate of drug-likeness (QED) is 0.873. The van der Waals surface area contributed by atoms with Gasteiger partial charge in [0.1, 0.15) is 12.1 Å². The van der Waals surface area contributed by atoms with Gasteiger partial charge in [-0.25, -0.2) is 14.8 Å². The van der Waals surface area contributed by atoms with Crippen LogP contribution in [0.1, 0.15) is 23.2 Å². The Bertz CT molecular complexity index is 601. The van der Waals surface area contributed by atoms with E-state index in [9.17, 15) is 9.90 Å². The molecule has 0 radical (unpaired) electrons. The van der Waals surface area contributed by atoms with Gasteiger partial charge in [0.05, 0.1) is 16.5 Å². The average molecular weight is 243 g/mol. The molecule has 2 heterocycles. The van der Waals surface area contributed by atoms with E-state index in [0.717, 1.165) is 31.7 Å². The third-order valence-electron chi connectivity index (χ3n) is 3.28. The minimum Gasteiger partial charge on any atom is -0.478 e. The number of hydrogen-bond acceptors (Lipinski definition) is 4. The molecule has 1 N–H and O–H groups in total. The van der Waals surface area contributed by atoms with Crippen molar-refractivity contribution in [3.63, 3.8) is 0 Å². The van der Waals surface area contributed by atoms with Gasteiger partial charge in [-0.2, -0.15) is 0 Å². The van der Waals surface area contributed by atoms with Crippen molar-refractivity contribution >= 4 is 22.7 Å². The minimum absolute atomic E-state index is 0.273. The third-order valence-corrected chi connectivity index (χ3v) is 3.28. The van der Waals surface area contributed by atoms with Crippen LogP contribution in [0.5, 0.6) is 0 Å². The highest BCUT2D eigenvalue weighted by Crippen LogP contribution is 2.28. The summed E-state index contributed by atoms with van der Waals surface area (Å²) in [5.74, 6) is -0.189. The van der Waals surface area contributed by atoms with E-state index >= 15 is 0 Å². The minimum atomic E-state index is -0.934. The second-order valence-electron chi connectivity index (χ2n) is 4.40. The van der Waals surface area contributed by atoms with Crippen LogP contribution in [-0.2, 0) is 0 Å². The highest BCUT2D eigenvalue weighted by molar-refractivity contribution is 6.07. The van der Waals surface area contributed by atoms with Crippen LogP contribution >= 0.6 is 0 Å². The van der Waals surface area contributed by atoms with Crippen LogP contribution < -0.4 is 4.90 Å². The van der Waals surface area contributed by atoms with Crippen LogP contribution in [0, 0.1) is 0 Å². The fraction of sp³-hybridized carbons (Fsp3) is 0.308. The number of rotatable bonds is 2. The molecule has 1 aromatic heterocycles. The van der Waals surface area contributed by atoms with Crippen LogP contribution in [0.15, 0.2) is 24.5 Å². The van der Waals surface area contributed by atoms with Crippen molar-refractivity contribution in [1.82, 2.24) is 9.97 Å². The molecule has 1 aliphatic heterocycles. The van der Waals surface area contributed by atoms with E-state index in [1.165, 1.54) is 6.33 Å². The van der Waals surface area contributed by atoms with E-state index in [0.29, 0.717) is 10.9 Å². The fourth-order valence-electron chi connectivity index (χ4n) is 2.44. The Morgan fingerprint density at radius 3 is 2.72 bits per heavy atom. The van der Waals surface area contributed by atoms with E-state index in [2.05, 4.69) is 14.9 Å². The van der Waals surface area contributed by atoms with E-state index in [4.69, 9.17) is 0 Å². The first-order chi connectivity index (χ1) is 8.77. The van der Waals surface area contributed by atoms with Crippen LogP contribution in [0.2, 0.25) is 0 Å². The molecule has 0 aliphatic carbocycles. The van der Waals surface area contributed by atoms with Gasteiger partial charge in [0.15, 0.2) is 0 Å². The number of fused-ring (bicyclic) bond motifs is 1. The monoisotopic (exact) mass is 243 g/mol. The number of anilines is 1. The summed E-state index contributed by atoms with van der Waals surface area (Å²) in [6, 6.07) is 5.14. The largest absolute Gasteiger partial charge is 0.478 e. The van der Waals surface area contributed by atoms with Crippen molar-refractivity contribution in [3.8, 4) is 0 Å². The maximum Gasteiger partial charge on any atom is 0.336 e. The van der Waals surface area contributed by atoms with Crippen molar-refractivity contribution in [1.29, 1.82) is 0 Å². The summed E-state index contributed by atoms with van der Waals surface area (Å²) in [4.78, 5) is 21.9. The highest BCUT2D eigenvalue weighted by atomic mass is 16.4. The number of carboxylic acid groups (broad SMARTS) is 1. The summed E-state index contributed by atoms with van der Waals surface area (Å²) < 4.78 is 0. The van der Waals surface area contributed by atoms with Crippen molar-refractivity contribution < 1.29 is 9.90 Å². The van der Waals surface area contributed by atoms with Gasteiger partial charge in [0.25, 0.3) is 0 Å². The number of carbonyl (C=O) groups is 1. The number of hydrogen-bond donors (Lipinski definition) is 1. The van der Waals surface area contributed by atoms with E-state index in [-0.39, 0.29) is 5.56 Å². The molecule has 1 aliphatic rings. The molecular formula is C13H13N3O2. The topological polar surface area (TPSA) is 66.3 Å². The van der Waals surface area contributed by atoms with Gasteiger partial charge in [-0.1, -0.05) is 6.07 Å². The predicted molar refractivity (Wildman–Crippen MR) is 67.9 cm³/mol. The van der Waals surface area contributed by atoms with Crippen molar-refractivity contribution in [2.45, 2.75) is 12.8 Å². The molecule has 0 bridgehead atoms. The first-order valence-electron chi connectivity index (χ1n) is 5.99. The Morgan fingerprint density at radius 2 is 2.00 bits per heavy atom. The molecule has 2 aromatic rings. The van der Waals surface area contributed by atoms with Gasteiger partial charge in [0.2, 0.25) is 0 Å².